The molecule has 0 bridgehead atoms. The first-order valence-corrected chi connectivity index (χ1v) is 24.5. The normalized spacial score (nSPS) is 11.6. The van der Waals surface area contributed by atoms with Gasteiger partial charge in [-0.3, -0.25) is 0 Å². The first kappa shape index (κ1) is 38.8. The number of rotatable bonds is 11. The molecule has 4 aromatic heterocycles. The first-order valence-electron chi connectivity index (χ1n) is 20.9. The summed E-state index contributed by atoms with van der Waals surface area (Å²) in [5, 5.41) is 13.2. The summed E-state index contributed by atoms with van der Waals surface area (Å²) < 4.78 is 5.70. The minimum absolute atomic E-state index is 0.659. The molecule has 7 aromatic carbocycles. The van der Waals surface area contributed by atoms with Crippen LogP contribution in [0.5, 0.6) is 0 Å². The van der Waals surface area contributed by atoms with Crippen molar-refractivity contribution in [2.75, 3.05) is 0 Å². The van der Waals surface area contributed by atoms with Crippen LogP contribution in [0.1, 0.15) is 5.69 Å². The zero-order valence-electron chi connectivity index (χ0n) is 34.1. The van der Waals surface area contributed by atoms with E-state index in [2.05, 4.69) is 230 Å². The van der Waals surface area contributed by atoms with Crippen LogP contribution in [0.3, 0.4) is 0 Å². The van der Waals surface area contributed by atoms with Gasteiger partial charge in [0.15, 0.2) is 5.52 Å². The lowest BCUT2D eigenvalue weighted by Gasteiger charge is -2.28. The smallest absolute Gasteiger partial charge is 0.163 e. The Morgan fingerprint density at radius 3 is 1.19 bits per heavy atom. The van der Waals surface area contributed by atoms with Crippen LogP contribution in [-0.4, -0.2) is 15.3 Å². The molecular formula is C56H39N3OPS2+. The molecule has 0 fully saturated rings. The van der Waals surface area contributed by atoms with Gasteiger partial charge in [0, 0.05) is 20.2 Å². The molecule has 11 rings (SSSR count). The van der Waals surface area contributed by atoms with E-state index >= 15 is 0 Å². The number of aromatic nitrogens is 3. The van der Waals surface area contributed by atoms with Crippen LogP contribution >= 0.6 is 29.9 Å². The molecule has 0 atom stereocenters. The van der Waals surface area contributed by atoms with Crippen molar-refractivity contribution in [3.63, 3.8) is 0 Å². The monoisotopic (exact) mass is 864 g/mol. The van der Waals surface area contributed by atoms with Crippen molar-refractivity contribution >= 4 is 56.9 Å². The number of fused-ring (bicyclic) bond motifs is 1. The quantitative estimate of drug-likeness (QED) is 0.122. The third-order valence-electron chi connectivity index (χ3n) is 11.7. The molecule has 0 N–H and O–H groups in total. The standard InChI is InChI=1S/C56H39N3OPS2/c1-6-16-39(17-7-1)41-26-30-43(31-27-41)49-34-36-51(62-49)53-48(38-61(45-20-10-3-11-21-45,46-22-12-4-13-23-46)47-24-14-5-15-25-47)57-54(56-55(53)58-60-59-56)52-37-35-50(63-52)44-32-28-42(29-33-44)40-18-8-2-9-19-40/h1-37H,38H2/q+1. The highest BCUT2D eigenvalue weighted by Gasteiger charge is 2.47. The van der Waals surface area contributed by atoms with E-state index in [0.29, 0.717) is 11.7 Å². The Labute approximate surface area is 375 Å². The summed E-state index contributed by atoms with van der Waals surface area (Å²) in [7, 11) is -2.39. The largest absolute Gasteiger partial charge is 0.245 e. The average Bonchev–Trinajstić information content (AvgIpc) is 4.18. The van der Waals surface area contributed by atoms with Gasteiger partial charge in [-0.05, 0) is 104 Å². The number of hydrogen-bond donors (Lipinski definition) is 0. The van der Waals surface area contributed by atoms with E-state index in [-0.39, 0.29) is 0 Å². The minimum atomic E-state index is -2.39. The first-order chi connectivity index (χ1) is 31.2. The molecule has 0 saturated heterocycles. The van der Waals surface area contributed by atoms with Crippen molar-refractivity contribution in [2.24, 2.45) is 0 Å². The van der Waals surface area contributed by atoms with Crippen LogP contribution in [0.25, 0.3) is 75.2 Å². The fraction of sp³-hybridized carbons (Fsp3) is 0.0179. The van der Waals surface area contributed by atoms with Crippen molar-refractivity contribution < 1.29 is 4.63 Å². The second-order valence-corrected chi connectivity index (χ2v) is 21.1. The molecule has 0 unspecified atom stereocenters. The van der Waals surface area contributed by atoms with Gasteiger partial charge < -0.3 is 0 Å². The van der Waals surface area contributed by atoms with Crippen molar-refractivity contribution in [1.29, 1.82) is 0 Å². The molecule has 0 aliphatic carbocycles. The number of benzene rings is 7. The van der Waals surface area contributed by atoms with E-state index in [9.17, 15) is 0 Å². The van der Waals surface area contributed by atoms with E-state index in [0.717, 1.165) is 48.2 Å². The summed E-state index contributed by atoms with van der Waals surface area (Å²) in [6.45, 7) is 0. The van der Waals surface area contributed by atoms with E-state index in [4.69, 9.17) is 14.8 Å². The van der Waals surface area contributed by atoms with Crippen LogP contribution in [0, 0.1) is 0 Å². The summed E-state index contributed by atoms with van der Waals surface area (Å²) in [6, 6.07) is 80.5. The molecule has 4 nitrogen and oxygen atoms in total. The Bertz CT molecular complexity index is 3180. The number of hydrogen-bond acceptors (Lipinski definition) is 6. The lowest BCUT2D eigenvalue weighted by Crippen LogP contribution is -2.32. The van der Waals surface area contributed by atoms with Crippen molar-refractivity contribution in [2.45, 2.75) is 6.16 Å². The lowest BCUT2D eigenvalue weighted by molar-refractivity contribution is 0.315. The van der Waals surface area contributed by atoms with Crippen molar-refractivity contribution in [3.8, 4) is 64.1 Å². The van der Waals surface area contributed by atoms with Gasteiger partial charge in [0.1, 0.15) is 40.5 Å². The Kier molecular flexibility index (Phi) is 10.5. The summed E-state index contributed by atoms with van der Waals surface area (Å²) in [6.07, 6.45) is 0.661. The highest BCUT2D eigenvalue weighted by molar-refractivity contribution is 7.95. The van der Waals surface area contributed by atoms with E-state index in [1.807, 2.05) is 0 Å². The zero-order valence-corrected chi connectivity index (χ0v) is 36.6. The fourth-order valence-corrected chi connectivity index (χ4v) is 14.8. The number of thiophene rings is 2. The lowest BCUT2D eigenvalue weighted by atomic mass is 10.0. The number of pyridine rings is 1. The Morgan fingerprint density at radius 1 is 0.349 bits per heavy atom. The van der Waals surface area contributed by atoms with Crippen molar-refractivity contribution in [3.05, 3.63) is 230 Å². The predicted octanol–water partition coefficient (Wildman–Crippen LogP) is 14.2. The minimum Gasteiger partial charge on any atom is -0.245 e. The topological polar surface area (TPSA) is 51.8 Å². The molecule has 300 valence electrons. The molecule has 11 aromatic rings. The van der Waals surface area contributed by atoms with Crippen LogP contribution < -0.4 is 15.9 Å². The maximum Gasteiger partial charge on any atom is 0.163 e. The van der Waals surface area contributed by atoms with Gasteiger partial charge >= 0.3 is 0 Å². The zero-order chi connectivity index (χ0) is 42.0. The van der Waals surface area contributed by atoms with Gasteiger partial charge in [-0.1, -0.05) is 164 Å². The molecule has 4 heterocycles. The highest BCUT2D eigenvalue weighted by Crippen LogP contribution is 2.59. The van der Waals surface area contributed by atoms with E-state index in [1.54, 1.807) is 22.7 Å². The summed E-state index contributed by atoms with van der Waals surface area (Å²) in [5.41, 5.74) is 11.2. The van der Waals surface area contributed by atoms with E-state index in [1.165, 1.54) is 43.0 Å². The Balaban J connectivity index is 1.08. The molecule has 0 saturated carbocycles. The van der Waals surface area contributed by atoms with Crippen LogP contribution in [-0.2, 0) is 6.16 Å². The average molecular weight is 865 g/mol. The fourth-order valence-electron chi connectivity index (χ4n) is 8.59. The van der Waals surface area contributed by atoms with Crippen molar-refractivity contribution in [1.82, 2.24) is 15.3 Å². The second kappa shape index (κ2) is 17.0. The van der Waals surface area contributed by atoms with Gasteiger partial charge in [-0.25, -0.2) is 9.61 Å². The molecule has 63 heavy (non-hydrogen) atoms. The summed E-state index contributed by atoms with van der Waals surface area (Å²) in [4.78, 5) is 10.2. The maximum atomic E-state index is 5.75. The maximum absolute atomic E-state index is 5.75. The Hall–Kier alpha value is -7.08. The molecule has 0 amide bonds. The summed E-state index contributed by atoms with van der Waals surface area (Å²) >= 11 is 3.47. The third kappa shape index (κ3) is 7.43. The number of nitrogens with zero attached hydrogens (tertiary/aromatic N) is 3. The predicted molar refractivity (Wildman–Crippen MR) is 267 cm³/mol. The molecule has 0 aliphatic heterocycles. The molecule has 0 spiro atoms. The molecular weight excluding hydrogens is 826 g/mol. The van der Waals surface area contributed by atoms with Crippen LogP contribution in [0.15, 0.2) is 229 Å². The molecule has 0 radical (unpaired) electrons. The van der Waals surface area contributed by atoms with Crippen LogP contribution in [0.2, 0.25) is 0 Å². The molecule has 7 heteroatoms. The van der Waals surface area contributed by atoms with Gasteiger partial charge in [-0.2, -0.15) is 0 Å². The third-order valence-corrected chi connectivity index (χ3v) is 18.3. The van der Waals surface area contributed by atoms with E-state index < -0.39 is 7.26 Å². The van der Waals surface area contributed by atoms with Gasteiger partial charge in [-0.15, -0.1) is 22.7 Å². The van der Waals surface area contributed by atoms with Crippen LogP contribution in [0.4, 0.5) is 0 Å². The van der Waals surface area contributed by atoms with Gasteiger partial charge in [0.05, 0.1) is 10.6 Å². The summed E-state index contributed by atoms with van der Waals surface area (Å²) in [5.74, 6) is 0. The highest BCUT2D eigenvalue weighted by atomic mass is 32.1. The van der Waals surface area contributed by atoms with Gasteiger partial charge in [0.2, 0.25) is 0 Å². The van der Waals surface area contributed by atoms with Gasteiger partial charge in [0.25, 0.3) is 0 Å². The second-order valence-electron chi connectivity index (χ2n) is 15.4. The Morgan fingerprint density at radius 2 is 0.714 bits per heavy atom. The SMILES string of the molecule is c1ccc(-c2ccc(-c3ccc(-c4nc(C[P+](c5ccccc5)(c5ccccc5)c5ccccc5)c(-c5ccc(-c6ccc(-c7ccccc7)cc6)s5)c5nonc45)s3)cc2)cc1. The molecule has 0 aliphatic rings.